The summed E-state index contributed by atoms with van der Waals surface area (Å²) in [6.45, 7) is 3.69. The minimum atomic E-state index is -0.212. The van der Waals surface area contributed by atoms with E-state index in [1.807, 2.05) is 56.3 Å². The van der Waals surface area contributed by atoms with Gasteiger partial charge in [0.05, 0.1) is 12.8 Å². The van der Waals surface area contributed by atoms with E-state index in [1.165, 1.54) is 11.3 Å². The highest BCUT2D eigenvalue weighted by atomic mass is 32.1. The predicted molar refractivity (Wildman–Crippen MR) is 117 cm³/mol. The summed E-state index contributed by atoms with van der Waals surface area (Å²) in [6.07, 6.45) is 0. The van der Waals surface area contributed by atoms with Gasteiger partial charge in [-0.3, -0.25) is 4.79 Å². The number of carbonyl (C=O) groups is 1. The number of aryl methyl sites for hydroxylation is 1. The SMILES string of the molecule is COc1ccc(CNC(=O)c2sc3nc(OCCN(C)C)cc(C)c3c2N)cc1. The molecule has 0 atom stereocenters. The molecule has 3 N–H and O–H groups in total. The van der Waals surface area contributed by atoms with Crippen LogP contribution in [0.4, 0.5) is 5.69 Å². The summed E-state index contributed by atoms with van der Waals surface area (Å²) in [5.41, 5.74) is 8.66. The molecule has 2 heterocycles. The van der Waals surface area contributed by atoms with Crippen LogP contribution in [-0.2, 0) is 6.54 Å². The van der Waals surface area contributed by atoms with Crippen molar-refractivity contribution < 1.29 is 14.3 Å². The summed E-state index contributed by atoms with van der Waals surface area (Å²) in [4.78, 5) is 20.5. The fourth-order valence-corrected chi connectivity index (χ4v) is 3.94. The number of carbonyl (C=O) groups excluding carboxylic acids is 1. The Balaban J connectivity index is 1.75. The summed E-state index contributed by atoms with van der Waals surface area (Å²) in [5, 5.41) is 3.73. The van der Waals surface area contributed by atoms with E-state index < -0.39 is 0 Å². The van der Waals surface area contributed by atoms with Crippen molar-refractivity contribution in [2.75, 3.05) is 40.1 Å². The standard InChI is InChI=1S/C21H26N4O3S/c1-13-11-16(28-10-9-25(2)3)24-21-17(13)18(22)19(29-21)20(26)23-12-14-5-7-15(27-4)8-6-14/h5-8,11H,9-10,12,22H2,1-4H3,(H,23,26). The van der Waals surface area contributed by atoms with Gasteiger partial charge in [0, 0.05) is 24.5 Å². The third kappa shape index (κ3) is 4.96. The van der Waals surface area contributed by atoms with Crippen LogP contribution in [0.5, 0.6) is 11.6 Å². The van der Waals surface area contributed by atoms with Crippen molar-refractivity contribution >= 4 is 33.1 Å². The molecule has 0 unspecified atom stereocenters. The lowest BCUT2D eigenvalue weighted by atomic mass is 10.1. The third-order valence-corrected chi connectivity index (χ3v) is 5.58. The Hall–Kier alpha value is -2.84. The topological polar surface area (TPSA) is 89.7 Å². The van der Waals surface area contributed by atoms with E-state index in [0.29, 0.717) is 34.4 Å². The van der Waals surface area contributed by atoms with Crippen molar-refractivity contribution in [3.05, 3.63) is 46.3 Å². The van der Waals surface area contributed by atoms with Crippen molar-refractivity contribution in [1.82, 2.24) is 15.2 Å². The first-order valence-corrected chi connectivity index (χ1v) is 10.1. The van der Waals surface area contributed by atoms with Gasteiger partial charge in [-0.15, -0.1) is 11.3 Å². The second-order valence-electron chi connectivity index (χ2n) is 6.98. The molecule has 3 aromatic rings. The van der Waals surface area contributed by atoms with E-state index in [4.69, 9.17) is 15.2 Å². The molecular formula is C21H26N4O3S. The number of nitrogens with one attached hydrogen (secondary N) is 1. The number of nitrogen functional groups attached to an aromatic ring is 1. The average Bonchev–Trinajstić information content (AvgIpc) is 3.03. The zero-order valence-corrected chi connectivity index (χ0v) is 17.9. The Morgan fingerprint density at radius 1 is 1.28 bits per heavy atom. The zero-order valence-electron chi connectivity index (χ0n) is 17.1. The fourth-order valence-electron chi connectivity index (χ4n) is 2.86. The molecular weight excluding hydrogens is 388 g/mol. The van der Waals surface area contributed by atoms with E-state index in [-0.39, 0.29) is 5.91 Å². The number of nitrogens with two attached hydrogens (primary N) is 1. The summed E-state index contributed by atoms with van der Waals surface area (Å²) < 4.78 is 10.9. The Bertz CT molecular complexity index is 999. The van der Waals surface area contributed by atoms with Gasteiger partial charge in [0.1, 0.15) is 22.1 Å². The Labute approximate surface area is 174 Å². The van der Waals surface area contributed by atoms with Gasteiger partial charge in [0.2, 0.25) is 5.88 Å². The van der Waals surface area contributed by atoms with Gasteiger partial charge in [0.15, 0.2) is 0 Å². The summed E-state index contributed by atoms with van der Waals surface area (Å²) in [6, 6.07) is 9.41. The van der Waals surface area contributed by atoms with E-state index >= 15 is 0 Å². The number of hydrogen-bond donors (Lipinski definition) is 2. The lowest BCUT2D eigenvalue weighted by Gasteiger charge is -2.11. The number of amides is 1. The van der Waals surface area contributed by atoms with Crippen LogP contribution in [-0.4, -0.2) is 50.1 Å². The number of aromatic nitrogens is 1. The number of hydrogen-bond acceptors (Lipinski definition) is 7. The first kappa shape index (κ1) is 20.9. The number of ether oxygens (including phenoxy) is 2. The second kappa shape index (κ2) is 9.11. The molecule has 0 fully saturated rings. The lowest BCUT2D eigenvalue weighted by molar-refractivity contribution is 0.0956. The van der Waals surface area contributed by atoms with Crippen molar-refractivity contribution in [3.63, 3.8) is 0 Å². The number of anilines is 1. The molecule has 7 nitrogen and oxygen atoms in total. The Morgan fingerprint density at radius 2 is 2.00 bits per heavy atom. The van der Waals surface area contributed by atoms with E-state index in [0.717, 1.165) is 28.8 Å². The monoisotopic (exact) mass is 414 g/mol. The summed E-state index contributed by atoms with van der Waals surface area (Å²) in [5.74, 6) is 1.11. The maximum atomic E-state index is 12.7. The smallest absolute Gasteiger partial charge is 0.263 e. The molecule has 0 saturated heterocycles. The molecule has 29 heavy (non-hydrogen) atoms. The quantitative estimate of drug-likeness (QED) is 0.589. The van der Waals surface area contributed by atoms with Crippen LogP contribution in [0.1, 0.15) is 20.8 Å². The Morgan fingerprint density at radius 3 is 2.66 bits per heavy atom. The first-order valence-electron chi connectivity index (χ1n) is 9.27. The van der Waals surface area contributed by atoms with Crippen LogP contribution in [0.15, 0.2) is 30.3 Å². The minimum Gasteiger partial charge on any atom is -0.497 e. The highest BCUT2D eigenvalue weighted by Crippen LogP contribution is 2.36. The first-order chi connectivity index (χ1) is 13.9. The molecule has 0 aliphatic rings. The molecule has 3 rings (SSSR count). The Kier molecular flexibility index (Phi) is 6.56. The highest BCUT2D eigenvalue weighted by molar-refractivity contribution is 7.21. The average molecular weight is 415 g/mol. The molecule has 1 amide bonds. The van der Waals surface area contributed by atoms with E-state index in [2.05, 4.69) is 10.3 Å². The number of fused-ring (bicyclic) bond motifs is 1. The van der Waals surface area contributed by atoms with Gasteiger partial charge in [-0.05, 0) is 44.3 Å². The minimum absolute atomic E-state index is 0.212. The number of benzene rings is 1. The maximum absolute atomic E-state index is 12.7. The lowest BCUT2D eigenvalue weighted by Crippen LogP contribution is -2.22. The van der Waals surface area contributed by atoms with Crippen molar-refractivity contribution in [3.8, 4) is 11.6 Å². The van der Waals surface area contributed by atoms with Crippen molar-refractivity contribution in [2.45, 2.75) is 13.5 Å². The van der Waals surface area contributed by atoms with Crippen LogP contribution in [0.25, 0.3) is 10.2 Å². The number of rotatable bonds is 8. The summed E-state index contributed by atoms with van der Waals surface area (Å²) >= 11 is 1.28. The van der Waals surface area contributed by atoms with E-state index in [9.17, 15) is 4.79 Å². The second-order valence-corrected chi connectivity index (χ2v) is 7.98. The molecule has 0 bridgehead atoms. The summed E-state index contributed by atoms with van der Waals surface area (Å²) in [7, 11) is 5.60. The normalized spacial score (nSPS) is 11.1. The van der Waals surface area contributed by atoms with Crippen LogP contribution in [0.3, 0.4) is 0 Å². The molecule has 1 aromatic carbocycles. The largest absolute Gasteiger partial charge is 0.497 e. The molecule has 0 spiro atoms. The van der Waals surface area contributed by atoms with Crippen LogP contribution in [0.2, 0.25) is 0 Å². The zero-order chi connectivity index (χ0) is 21.0. The van der Waals surface area contributed by atoms with Crippen molar-refractivity contribution in [2.24, 2.45) is 0 Å². The van der Waals surface area contributed by atoms with Gasteiger partial charge in [0.25, 0.3) is 5.91 Å². The molecule has 2 aromatic heterocycles. The number of methoxy groups -OCH3 is 1. The number of nitrogens with zero attached hydrogens (tertiary/aromatic N) is 2. The molecule has 8 heteroatoms. The number of thiophene rings is 1. The van der Waals surface area contributed by atoms with Gasteiger partial charge in [-0.2, -0.15) is 0 Å². The van der Waals surface area contributed by atoms with Gasteiger partial charge in [-0.25, -0.2) is 4.98 Å². The third-order valence-electron chi connectivity index (χ3n) is 4.48. The van der Waals surface area contributed by atoms with Crippen LogP contribution >= 0.6 is 11.3 Å². The molecule has 0 aliphatic heterocycles. The van der Waals surface area contributed by atoms with E-state index in [1.54, 1.807) is 7.11 Å². The number of pyridine rings is 1. The molecule has 154 valence electrons. The van der Waals surface area contributed by atoms with Gasteiger partial charge >= 0.3 is 0 Å². The van der Waals surface area contributed by atoms with Crippen LogP contribution in [0, 0.1) is 6.92 Å². The highest BCUT2D eigenvalue weighted by Gasteiger charge is 2.19. The fraction of sp³-hybridized carbons (Fsp3) is 0.333. The predicted octanol–water partition coefficient (Wildman–Crippen LogP) is 3.07. The molecule has 0 saturated carbocycles. The van der Waals surface area contributed by atoms with Crippen LogP contribution < -0.4 is 20.5 Å². The molecule has 0 radical (unpaired) electrons. The van der Waals surface area contributed by atoms with Crippen molar-refractivity contribution in [1.29, 1.82) is 0 Å². The van der Waals surface area contributed by atoms with Gasteiger partial charge < -0.3 is 25.4 Å². The molecule has 0 aliphatic carbocycles. The number of likely N-dealkylation sites (N-methyl/N-ethyl adjacent to an activating group) is 1. The maximum Gasteiger partial charge on any atom is 0.263 e. The van der Waals surface area contributed by atoms with Gasteiger partial charge in [-0.1, -0.05) is 12.1 Å².